The van der Waals surface area contributed by atoms with Crippen LogP contribution in [-0.2, 0) is 25.6 Å². The highest BCUT2D eigenvalue weighted by Gasteiger charge is 2.50. The molecule has 2 aliphatic heterocycles. The summed E-state index contributed by atoms with van der Waals surface area (Å²) in [4.78, 5) is 39.5. The van der Waals surface area contributed by atoms with Crippen LogP contribution in [-0.4, -0.2) is 76.5 Å². The van der Waals surface area contributed by atoms with E-state index in [1.54, 1.807) is 20.8 Å². The second kappa shape index (κ2) is 8.28. The van der Waals surface area contributed by atoms with E-state index in [0.29, 0.717) is 0 Å². The van der Waals surface area contributed by atoms with Crippen molar-refractivity contribution in [3.05, 3.63) is 35.9 Å². The van der Waals surface area contributed by atoms with E-state index in [0.717, 1.165) is 5.56 Å². The van der Waals surface area contributed by atoms with Gasteiger partial charge in [0, 0.05) is 6.54 Å². The minimum atomic E-state index is -1.18. The molecule has 1 N–H and O–H groups in total. The Labute approximate surface area is 169 Å². The minimum Gasteiger partial charge on any atom is -0.480 e. The topological polar surface area (TPSA) is 106 Å². The Morgan fingerprint density at radius 2 is 1.83 bits per heavy atom. The number of hydrogen-bond donors (Lipinski definition) is 1. The number of nitrogens with zero attached hydrogens (tertiary/aromatic N) is 2. The van der Waals surface area contributed by atoms with E-state index < -0.39 is 41.9 Å². The van der Waals surface area contributed by atoms with Crippen LogP contribution in [0.3, 0.4) is 0 Å². The van der Waals surface area contributed by atoms with E-state index in [-0.39, 0.29) is 26.3 Å². The van der Waals surface area contributed by atoms with Crippen molar-refractivity contribution < 1.29 is 33.7 Å². The fourth-order valence-electron chi connectivity index (χ4n) is 3.44. The average Bonchev–Trinajstić information content (AvgIpc) is 3.09. The Balaban J connectivity index is 1.72. The number of hydrogen-bond acceptors (Lipinski definition) is 6. The largest absolute Gasteiger partial charge is 0.480 e. The molecule has 0 unspecified atom stereocenters. The molecule has 2 aliphatic rings. The van der Waals surface area contributed by atoms with E-state index in [1.807, 2.05) is 30.3 Å². The van der Waals surface area contributed by atoms with Crippen LogP contribution in [0.15, 0.2) is 30.3 Å². The molecule has 29 heavy (non-hydrogen) atoms. The number of morpholine rings is 1. The van der Waals surface area contributed by atoms with Gasteiger partial charge >= 0.3 is 18.2 Å². The summed E-state index contributed by atoms with van der Waals surface area (Å²) < 4.78 is 16.4. The Kier molecular flexibility index (Phi) is 5.97. The first-order chi connectivity index (χ1) is 13.7. The molecule has 0 bridgehead atoms. The minimum absolute atomic E-state index is 0.0243. The number of carboxylic acid groups (broad SMARTS) is 1. The van der Waals surface area contributed by atoms with Crippen LogP contribution in [0.2, 0.25) is 0 Å². The molecule has 0 aromatic heterocycles. The highest BCUT2D eigenvalue weighted by atomic mass is 16.6. The van der Waals surface area contributed by atoms with E-state index in [1.165, 1.54) is 9.80 Å². The molecule has 0 aliphatic carbocycles. The number of aliphatic carboxylic acids is 1. The lowest BCUT2D eigenvalue weighted by atomic mass is 10.1. The predicted molar refractivity (Wildman–Crippen MR) is 101 cm³/mol. The van der Waals surface area contributed by atoms with Gasteiger partial charge in [0.2, 0.25) is 0 Å². The first-order valence-electron chi connectivity index (χ1n) is 9.47. The van der Waals surface area contributed by atoms with E-state index >= 15 is 0 Å². The van der Waals surface area contributed by atoms with Gasteiger partial charge in [-0.1, -0.05) is 30.3 Å². The second-order valence-corrected chi connectivity index (χ2v) is 8.13. The van der Waals surface area contributed by atoms with Gasteiger partial charge < -0.3 is 24.2 Å². The van der Waals surface area contributed by atoms with Crippen molar-refractivity contribution in [2.24, 2.45) is 0 Å². The Bertz CT molecular complexity index is 762. The number of fused-ring (bicyclic) bond motifs is 1. The zero-order valence-corrected chi connectivity index (χ0v) is 16.7. The van der Waals surface area contributed by atoms with Gasteiger partial charge in [0.25, 0.3) is 0 Å². The molecule has 1 aromatic carbocycles. The fourth-order valence-corrected chi connectivity index (χ4v) is 3.44. The Morgan fingerprint density at radius 3 is 2.45 bits per heavy atom. The van der Waals surface area contributed by atoms with Crippen LogP contribution in [0.1, 0.15) is 26.3 Å². The maximum Gasteiger partial charge on any atom is 0.411 e. The Morgan fingerprint density at radius 1 is 1.14 bits per heavy atom. The maximum atomic E-state index is 12.8. The van der Waals surface area contributed by atoms with Gasteiger partial charge in [-0.2, -0.15) is 0 Å². The lowest BCUT2D eigenvalue weighted by molar-refractivity contribution is -0.154. The third-order valence-electron chi connectivity index (χ3n) is 4.75. The summed E-state index contributed by atoms with van der Waals surface area (Å²) >= 11 is 0. The number of benzene rings is 1. The molecular formula is C20H26N2O7. The predicted octanol–water partition coefficient (Wildman–Crippen LogP) is 2.10. The van der Waals surface area contributed by atoms with Crippen molar-refractivity contribution >= 4 is 18.2 Å². The Hall–Kier alpha value is -2.81. The summed E-state index contributed by atoms with van der Waals surface area (Å²) in [6.07, 6.45) is -1.77. The smallest absolute Gasteiger partial charge is 0.411 e. The fraction of sp³-hybridized carbons (Fsp3) is 0.550. The SMILES string of the molecule is CC(C)(C)OC(=O)N1C[C@@H]2OC[C@@H](C(=O)O)N(C(=O)OCc3ccccc3)[C@H]2C1. The molecule has 0 radical (unpaired) electrons. The van der Waals surface area contributed by atoms with Crippen LogP contribution >= 0.6 is 0 Å². The summed E-state index contributed by atoms with van der Waals surface area (Å²) in [5.41, 5.74) is 0.128. The van der Waals surface area contributed by atoms with Gasteiger partial charge in [0.15, 0.2) is 6.04 Å². The van der Waals surface area contributed by atoms with Gasteiger partial charge in [0.05, 0.1) is 25.3 Å². The molecule has 0 saturated carbocycles. The molecule has 3 atom stereocenters. The van der Waals surface area contributed by atoms with Gasteiger partial charge in [-0.25, -0.2) is 14.4 Å². The molecular weight excluding hydrogens is 380 g/mol. The van der Waals surface area contributed by atoms with Gasteiger partial charge in [-0.3, -0.25) is 4.90 Å². The number of carbonyl (C=O) groups is 3. The van der Waals surface area contributed by atoms with Gasteiger partial charge in [-0.15, -0.1) is 0 Å². The third-order valence-corrected chi connectivity index (χ3v) is 4.75. The quantitative estimate of drug-likeness (QED) is 0.819. The monoisotopic (exact) mass is 406 g/mol. The lowest BCUT2D eigenvalue weighted by Crippen LogP contribution is -2.61. The maximum absolute atomic E-state index is 12.8. The summed E-state index contributed by atoms with van der Waals surface area (Å²) in [5, 5.41) is 9.56. The summed E-state index contributed by atoms with van der Waals surface area (Å²) in [5.74, 6) is -1.18. The van der Waals surface area contributed by atoms with Crippen molar-refractivity contribution in [2.75, 3.05) is 19.7 Å². The van der Waals surface area contributed by atoms with Crippen molar-refractivity contribution in [3.8, 4) is 0 Å². The number of rotatable bonds is 3. The van der Waals surface area contributed by atoms with Crippen molar-refractivity contribution in [1.29, 1.82) is 0 Å². The van der Waals surface area contributed by atoms with E-state index in [4.69, 9.17) is 14.2 Å². The molecule has 2 amide bonds. The van der Waals surface area contributed by atoms with Crippen molar-refractivity contribution in [2.45, 2.75) is 51.2 Å². The van der Waals surface area contributed by atoms with Crippen LogP contribution < -0.4 is 0 Å². The van der Waals surface area contributed by atoms with Crippen molar-refractivity contribution in [1.82, 2.24) is 9.80 Å². The van der Waals surface area contributed by atoms with Crippen molar-refractivity contribution in [3.63, 3.8) is 0 Å². The molecule has 1 aromatic rings. The molecule has 3 rings (SSSR count). The first-order valence-corrected chi connectivity index (χ1v) is 9.47. The van der Waals surface area contributed by atoms with Gasteiger partial charge in [0.1, 0.15) is 12.2 Å². The molecule has 9 nitrogen and oxygen atoms in total. The van der Waals surface area contributed by atoms with Crippen LogP contribution in [0.5, 0.6) is 0 Å². The average molecular weight is 406 g/mol. The number of amides is 2. The van der Waals surface area contributed by atoms with Crippen LogP contribution in [0, 0.1) is 0 Å². The van der Waals surface area contributed by atoms with E-state index in [9.17, 15) is 19.5 Å². The standard InChI is InChI=1S/C20H26N2O7/c1-20(2,3)29-18(25)21-9-14-16(10-21)27-12-15(17(23)24)22(14)19(26)28-11-13-7-5-4-6-8-13/h4-8,14-16H,9-12H2,1-3H3,(H,23,24)/t14-,15-,16-/m0/s1. The number of likely N-dealkylation sites (tertiary alicyclic amines) is 1. The second-order valence-electron chi connectivity index (χ2n) is 8.13. The zero-order valence-electron chi connectivity index (χ0n) is 16.7. The zero-order chi connectivity index (χ0) is 21.2. The normalized spacial score (nSPS) is 24.0. The highest BCUT2D eigenvalue weighted by Crippen LogP contribution is 2.28. The molecule has 9 heteroatoms. The number of carbonyl (C=O) groups excluding carboxylic acids is 2. The number of carboxylic acids is 1. The molecule has 0 spiro atoms. The molecule has 2 heterocycles. The summed E-state index contributed by atoms with van der Waals surface area (Å²) in [6, 6.07) is 7.31. The highest BCUT2D eigenvalue weighted by molar-refractivity contribution is 5.81. The van der Waals surface area contributed by atoms with E-state index in [2.05, 4.69) is 0 Å². The summed E-state index contributed by atoms with van der Waals surface area (Å²) in [7, 11) is 0. The lowest BCUT2D eigenvalue weighted by Gasteiger charge is -2.39. The first kappa shape index (κ1) is 20.9. The molecule has 2 saturated heterocycles. The summed E-state index contributed by atoms with van der Waals surface area (Å²) in [6.45, 7) is 5.47. The molecule has 158 valence electrons. The molecule has 2 fully saturated rings. The van der Waals surface area contributed by atoms with Crippen LogP contribution in [0.4, 0.5) is 9.59 Å². The van der Waals surface area contributed by atoms with Gasteiger partial charge in [-0.05, 0) is 26.3 Å². The third kappa shape index (κ3) is 4.97. The number of ether oxygens (including phenoxy) is 3. The van der Waals surface area contributed by atoms with Crippen LogP contribution in [0.25, 0.3) is 0 Å².